The smallest absolute Gasteiger partial charge is 0.237 e. The van der Waals surface area contributed by atoms with E-state index in [1.807, 2.05) is 49.5 Å². The first-order valence-electron chi connectivity index (χ1n) is 11.1. The predicted molar refractivity (Wildman–Crippen MR) is 122 cm³/mol. The van der Waals surface area contributed by atoms with Gasteiger partial charge < -0.3 is 14.8 Å². The van der Waals surface area contributed by atoms with E-state index in [1.54, 1.807) is 14.2 Å². The molecular formula is C24H31N5O3. The van der Waals surface area contributed by atoms with Crippen LogP contribution in [0.2, 0.25) is 0 Å². The lowest BCUT2D eigenvalue weighted by Gasteiger charge is -2.34. The number of ether oxygens (including phenoxy) is 2. The first-order valence-corrected chi connectivity index (χ1v) is 11.1. The minimum absolute atomic E-state index is 0.0665. The van der Waals surface area contributed by atoms with E-state index in [0.29, 0.717) is 24.0 Å². The summed E-state index contributed by atoms with van der Waals surface area (Å²) in [7, 11) is 3.25. The van der Waals surface area contributed by atoms with E-state index in [-0.39, 0.29) is 11.9 Å². The van der Waals surface area contributed by atoms with Crippen LogP contribution in [0.4, 0.5) is 0 Å². The highest BCUT2D eigenvalue weighted by Crippen LogP contribution is 2.29. The Morgan fingerprint density at radius 3 is 2.66 bits per heavy atom. The van der Waals surface area contributed by atoms with Gasteiger partial charge in [0.25, 0.3) is 0 Å². The number of hydrogen-bond acceptors (Lipinski definition) is 6. The second-order valence-electron chi connectivity index (χ2n) is 8.20. The Morgan fingerprint density at radius 1 is 1.12 bits per heavy atom. The summed E-state index contributed by atoms with van der Waals surface area (Å²) in [5.41, 5.74) is 1.98. The summed E-state index contributed by atoms with van der Waals surface area (Å²) in [6.07, 6.45) is 4.70. The Kier molecular flexibility index (Phi) is 6.90. The largest absolute Gasteiger partial charge is 0.493 e. The van der Waals surface area contributed by atoms with E-state index in [1.165, 1.54) is 0 Å². The predicted octanol–water partition coefficient (Wildman–Crippen LogP) is 2.67. The van der Waals surface area contributed by atoms with E-state index < -0.39 is 0 Å². The molecular weight excluding hydrogens is 406 g/mol. The quantitative estimate of drug-likeness (QED) is 0.584. The standard InChI is InChI=1S/C24H31N5O3/c1-17(24(30)25-12-9-18-7-8-20(31-2)21(16-18)32-3)28-14-10-19(11-15-28)23-27-26-22-6-4-5-13-29(22)23/h4-8,13,16-17,19H,9-12,14-15H2,1-3H3,(H,25,30). The van der Waals surface area contributed by atoms with Crippen LogP contribution in [-0.4, -0.2) is 65.3 Å². The zero-order chi connectivity index (χ0) is 22.5. The Labute approximate surface area is 188 Å². The maximum absolute atomic E-state index is 12.7. The highest BCUT2D eigenvalue weighted by atomic mass is 16.5. The van der Waals surface area contributed by atoms with Crippen molar-refractivity contribution >= 4 is 11.6 Å². The summed E-state index contributed by atoms with van der Waals surface area (Å²) in [4.78, 5) is 15.0. The average Bonchev–Trinajstić information content (AvgIpc) is 3.27. The number of hydrogen-bond donors (Lipinski definition) is 1. The van der Waals surface area contributed by atoms with Gasteiger partial charge in [-0.05, 0) is 69.1 Å². The number of likely N-dealkylation sites (tertiary alicyclic amines) is 1. The Balaban J connectivity index is 1.26. The fraction of sp³-hybridized carbons (Fsp3) is 0.458. The Hall–Kier alpha value is -3.13. The summed E-state index contributed by atoms with van der Waals surface area (Å²) in [5, 5.41) is 11.8. The molecule has 8 heteroatoms. The van der Waals surface area contributed by atoms with E-state index in [9.17, 15) is 4.79 Å². The van der Waals surface area contributed by atoms with Crippen molar-refractivity contribution in [2.24, 2.45) is 0 Å². The van der Waals surface area contributed by atoms with Gasteiger partial charge in [0.05, 0.1) is 20.3 Å². The number of carbonyl (C=O) groups excluding carboxylic acids is 1. The molecule has 1 aromatic carbocycles. The number of nitrogens with one attached hydrogen (secondary N) is 1. The highest BCUT2D eigenvalue weighted by Gasteiger charge is 2.29. The maximum Gasteiger partial charge on any atom is 0.237 e. The van der Waals surface area contributed by atoms with Crippen LogP contribution in [0.3, 0.4) is 0 Å². The van der Waals surface area contributed by atoms with Gasteiger partial charge in [-0.2, -0.15) is 0 Å². The molecule has 1 aliphatic heterocycles. The lowest BCUT2D eigenvalue weighted by atomic mass is 9.95. The molecule has 0 radical (unpaired) electrons. The van der Waals surface area contributed by atoms with E-state index >= 15 is 0 Å². The molecule has 0 bridgehead atoms. The average molecular weight is 438 g/mol. The van der Waals surface area contributed by atoms with E-state index in [4.69, 9.17) is 9.47 Å². The van der Waals surface area contributed by atoms with Gasteiger partial charge in [-0.15, -0.1) is 10.2 Å². The van der Waals surface area contributed by atoms with E-state index in [0.717, 1.165) is 49.4 Å². The molecule has 3 aromatic rings. The van der Waals surface area contributed by atoms with Crippen molar-refractivity contribution in [1.29, 1.82) is 0 Å². The van der Waals surface area contributed by atoms with Crippen molar-refractivity contribution in [1.82, 2.24) is 24.8 Å². The van der Waals surface area contributed by atoms with Gasteiger partial charge in [0.2, 0.25) is 5.91 Å². The van der Waals surface area contributed by atoms with Crippen molar-refractivity contribution in [3.8, 4) is 11.5 Å². The van der Waals surface area contributed by atoms with Crippen molar-refractivity contribution < 1.29 is 14.3 Å². The maximum atomic E-state index is 12.7. The number of fused-ring (bicyclic) bond motifs is 1. The van der Waals surface area contributed by atoms with Crippen molar-refractivity contribution in [3.63, 3.8) is 0 Å². The van der Waals surface area contributed by atoms with Gasteiger partial charge in [-0.3, -0.25) is 14.1 Å². The number of rotatable bonds is 8. The number of carbonyl (C=O) groups is 1. The second kappa shape index (κ2) is 9.99. The number of amides is 1. The van der Waals surface area contributed by atoms with E-state index in [2.05, 4.69) is 24.8 Å². The Bertz CT molecular complexity index is 1060. The molecule has 0 saturated carbocycles. The summed E-state index contributed by atoms with van der Waals surface area (Å²) in [6, 6.07) is 11.6. The van der Waals surface area contributed by atoms with Crippen LogP contribution < -0.4 is 14.8 Å². The van der Waals surface area contributed by atoms with Crippen LogP contribution in [0.25, 0.3) is 5.65 Å². The van der Waals surface area contributed by atoms with Crippen LogP contribution >= 0.6 is 0 Å². The molecule has 3 heterocycles. The summed E-state index contributed by atoms with van der Waals surface area (Å²) in [5.74, 6) is 2.86. The minimum atomic E-state index is -0.156. The topological polar surface area (TPSA) is 81.0 Å². The molecule has 170 valence electrons. The molecule has 1 unspecified atom stereocenters. The normalized spacial score (nSPS) is 16.1. The van der Waals surface area contributed by atoms with Crippen LogP contribution in [-0.2, 0) is 11.2 Å². The number of benzene rings is 1. The fourth-order valence-electron chi connectivity index (χ4n) is 4.36. The van der Waals surface area contributed by atoms with Gasteiger partial charge >= 0.3 is 0 Å². The van der Waals surface area contributed by atoms with Crippen LogP contribution in [0.1, 0.15) is 37.1 Å². The van der Waals surface area contributed by atoms with Gasteiger partial charge in [0, 0.05) is 18.7 Å². The summed E-state index contributed by atoms with van der Waals surface area (Å²) < 4.78 is 12.7. The number of nitrogens with zero attached hydrogens (tertiary/aromatic N) is 4. The summed E-state index contributed by atoms with van der Waals surface area (Å²) >= 11 is 0. The third-order valence-corrected chi connectivity index (χ3v) is 6.32. The molecule has 1 N–H and O–H groups in total. The number of pyridine rings is 1. The van der Waals surface area contributed by atoms with Gasteiger partial charge in [0.1, 0.15) is 5.82 Å². The lowest BCUT2D eigenvalue weighted by molar-refractivity contribution is -0.126. The van der Waals surface area contributed by atoms with Gasteiger partial charge in [-0.1, -0.05) is 12.1 Å². The monoisotopic (exact) mass is 437 g/mol. The molecule has 0 spiro atoms. The van der Waals surface area contributed by atoms with Crippen LogP contribution in [0, 0.1) is 0 Å². The minimum Gasteiger partial charge on any atom is -0.493 e. The van der Waals surface area contributed by atoms with Gasteiger partial charge in [-0.25, -0.2) is 0 Å². The first-order chi connectivity index (χ1) is 15.6. The zero-order valence-electron chi connectivity index (χ0n) is 19.0. The van der Waals surface area contributed by atoms with Gasteiger partial charge in [0.15, 0.2) is 17.1 Å². The Morgan fingerprint density at radius 2 is 1.91 bits per heavy atom. The molecule has 1 aliphatic rings. The van der Waals surface area contributed by atoms with Crippen LogP contribution in [0.15, 0.2) is 42.6 Å². The van der Waals surface area contributed by atoms with Crippen molar-refractivity contribution in [3.05, 3.63) is 54.0 Å². The molecule has 1 amide bonds. The number of aromatic nitrogens is 3. The molecule has 4 rings (SSSR count). The first kappa shape index (κ1) is 22.1. The number of methoxy groups -OCH3 is 2. The number of piperidine rings is 1. The lowest BCUT2D eigenvalue weighted by Crippen LogP contribution is -2.48. The molecule has 8 nitrogen and oxygen atoms in total. The van der Waals surface area contributed by atoms with Crippen molar-refractivity contribution in [2.45, 2.75) is 38.1 Å². The molecule has 1 atom stereocenters. The molecule has 0 aliphatic carbocycles. The SMILES string of the molecule is COc1ccc(CCNC(=O)C(C)N2CCC(c3nnc4ccccn34)CC2)cc1OC. The summed E-state index contributed by atoms with van der Waals surface area (Å²) in [6.45, 7) is 4.31. The molecule has 1 fully saturated rings. The molecule has 1 saturated heterocycles. The fourth-order valence-corrected chi connectivity index (χ4v) is 4.36. The van der Waals surface area contributed by atoms with Crippen molar-refractivity contribution in [2.75, 3.05) is 33.9 Å². The highest BCUT2D eigenvalue weighted by molar-refractivity contribution is 5.81. The molecule has 32 heavy (non-hydrogen) atoms. The second-order valence-corrected chi connectivity index (χ2v) is 8.20. The molecule has 2 aromatic heterocycles. The zero-order valence-corrected chi connectivity index (χ0v) is 19.0. The van der Waals surface area contributed by atoms with Crippen LogP contribution in [0.5, 0.6) is 11.5 Å². The third kappa shape index (κ3) is 4.70. The third-order valence-electron chi connectivity index (χ3n) is 6.32.